The highest BCUT2D eigenvalue weighted by molar-refractivity contribution is 9.10. The van der Waals surface area contributed by atoms with Crippen molar-refractivity contribution in [3.05, 3.63) is 34.1 Å². The highest BCUT2D eigenvalue weighted by Crippen LogP contribution is 2.18. The summed E-state index contributed by atoms with van der Waals surface area (Å²) in [6, 6.07) is 4.26. The molecule has 19 heavy (non-hydrogen) atoms. The molecule has 0 aliphatic carbocycles. The molecule has 1 amide bonds. The first-order chi connectivity index (χ1) is 9.08. The van der Waals surface area contributed by atoms with Gasteiger partial charge >= 0.3 is 0 Å². The van der Waals surface area contributed by atoms with Gasteiger partial charge in [0.1, 0.15) is 5.82 Å². The molecule has 2 rings (SSSR count). The monoisotopic (exact) mass is 330 g/mol. The van der Waals surface area contributed by atoms with E-state index < -0.39 is 0 Å². The van der Waals surface area contributed by atoms with Gasteiger partial charge in [-0.25, -0.2) is 4.39 Å². The van der Waals surface area contributed by atoms with E-state index >= 15 is 0 Å². The third-order valence-corrected chi connectivity index (χ3v) is 3.60. The van der Waals surface area contributed by atoms with E-state index in [1.54, 1.807) is 11.9 Å². The molecule has 1 N–H and O–H groups in total. The van der Waals surface area contributed by atoms with Crippen molar-refractivity contribution in [2.24, 2.45) is 0 Å². The number of nitrogens with zero attached hydrogens (tertiary/aromatic N) is 1. The van der Waals surface area contributed by atoms with Crippen LogP contribution in [0.3, 0.4) is 0 Å². The first kappa shape index (κ1) is 14.4. The molecule has 1 atom stereocenters. The zero-order valence-corrected chi connectivity index (χ0v) is 12.2. The fourth-order valence-corrected chi connectivity index (χ4v) is 2.35. The second-order valence-corrected chi connectivity index (χ2v) is 5.37. The Hall–Kier alpha value is -0.980. The van der Waals surface area contributed by atoms with Gasteiger partial charge in [0.25, 0.3) is 5.91 Å². The number of likely N-dealkylation sites (N-methyl/N-ethyl adjacent to an activating group) is 1. The number of carbonyl (C=O) groups is 1. The summed E-state index contributed by atoms with van der Waals surface area (Å²) < 4.78 is 19.0. The Bertz CT molecular complexity index is 464. The number of hydrogen-bond donors (Lipinski definition) is 1. The lowest BCUT2D eigenvalue weighted by molar-refractivity contribution is 0.0104. The highest BCUT2D eigenvalue weighted by Gasteiger charge is 2.20. The molecule has 1 saturated heterocycles. The van der Waals surface area contributed by atoms with Crippen LogP contribution in [-0.2, 0) is 4.74 Å². The number of benzene rings is 1. The number of nitrogens with one attached hydrogen (secondary N) is 1. The van der Waals surface area contributed by atoms with Crippen molar-refractivity contribution in [3.8, 4) is 0 Å². The smallest absolute Gasteiger partial charge is 0.253 e. The average molecular weight is 331 g/mol. The summed E-state index contributed by atoms with van der Waals surface area (Å²) in [5.41, 5.74) is 0.458. The number of rotatable bonds is 3. The Morgan fingerprint density at radius 1 is 1.63 bits per heavy atom. The Labute approximate surface area is 120 Å². The molecular formula is C13H16BrFN2O2. The predicted octanol–water partition coefficient (Wildman–Crippen LogP) is 1.65. The van der Waals surface area contributed by atoms with E-state index in [-0.39, 0.29) is 17.8 Å². The van der Waals surface area contributed by atoms with Crippen molar-refractivity contribution in [1.82, 2.24) is 10.2 Å². The van der Waals surface area contributed by atoms with Crippen LogP contribution in [0.25, 0.3) is 0 Å². The number of morpholine rings is 1. The van der Waals surface area contributed by atoms with Crippen LogP contribution in [0.5, 0.6) is 0 Å². The second kappa shape index (κ2) is 6.45. The zero-order valence-electron chi connectivity index (χ0n) is 10.7. The molecule has 0 aromatic heterocycles. The largest absolute Gasteiger partial charge is 0.374 e. The van der Waals surface area contributed by atoms with Gasteiger partial charge in [-0.15, -0.1) is 0 Å². The Kier molecular flexibility index (Phi) is 4.90. The summed E-state index contributed by atoms with van der Waals surface area (Å²) in [6.45, 7) is 2.76. The fourth-order valence-electron chi connectivity index (χ4n) is 1.97. The molecule has 0 radical (unpaired) electrons. The van der Waals surface area contributed by atoms with Gasteiger partial charge in [0.2, 0.25) is 0 Å². The Morgan fingerprint density at radius 3 is 3.05 bits per heavy atom. The lowest BCUT2D eigenvalue weighted by Gasteiger charge is -2.28. The third kappa shape index (κ3) is 3.75. The van der Waals surface area contributed by atoms with Crippen LogP contribution in [-0.4, -0.2) is 50.2 Å². The zero-order chi connectivity index (χ0) is 13.8. The molecule has 0 spiro atoms. The van der Waals surface area contributed by atoms with Crippen LogP contribution in [0.15, 0.2) is 22.7 Å². The fraction of sp³-hybridized carbons (Fsp3) is 0.462. The molecule has 0 saturated carbocycles. The van der Waals surface area contributed by atoms with Gasteiger partial charge in [0.05, 0.1) is 17.2 Å². The lowest BCUT2D eigenvalue weighted by atomic mass is 10.2. The number of halogens is 2. The summed E-state index contributed by atoms with van der Waals surface area (Å²) in [5, 5.41) is 3.22. The molecule has 1 aliphatic rings. The first-order valence-electron chi connectivity index (χ1n) is 6.11. The molecule has 1 aromatic carbocycles. The summed E-state index contributed by atoms with van der Waals surface area (Å²) in [7, 11) is 1.72. The maximum Gasteiger partial charge on any atom is 0.253 e. The van der Waals surface area contributed by atoms with Gasteiger partial charge in [-0.3, -0.25) is 4.79 Å². The van der Waals surface area contributed by atoms with E-state index in [9.17, 15) is 9.18 Å². The lowest BCUT2D eigenvalue weighted by Crippen LogP contribution is -2.45. The van der Waals surface area contributed by atoms with E-state index in [1.165, 1.54) is 18.2 Å². The van der Waals surface area contributed by atoms with E-state index in [0.717, 1.165) is 13.1 Å². The molecule has 104 valence electrons. The minimum absolute atomic E-state index is 0.00610. The van der Waals surface area contributed by atoms with Gasteiger partial charge in [-0.05, 0) is 34.1 Å². The van der Waals surface area contributed by atoms with Crippen LogP contribution >= 0.6 is 15.9 Å². The molecule has 1 unspecified atom stereocenters. The Morgan fingerprint density at radius 2 is 2.42 bits per heavy atom. The maximum atomic E-state index is 13.1. The van der Waals surface area contributed by atoms with Crippen LogP contribution in [0, 0.1) is 5.82 Å². The number of ether oxygens (including phenoxy) is 1. The quantitative estimate of drug-likeness (QED) is 0.916. The predicted molar refractivity (Wildman–Crippen MR) is 73.7 cm³/mol. The highest BCUT2D eigenvalue weighted by atomic mass is 79.9. The van der Waals surface area contributed by atoms with Crippen LogP contribution in [0.1, 0.15) is 10.4 Å². The van der Waals surface area contributed by atoms with E-state index in [4.69, 9.17) is 4.74 Å². The second-order valence-electron chi connectivity index (χ2n) is 4.51. The first-order valence-corrected chi connectivity index (χ1v) is 6.90. The van der Waals surface area contributed by atoms with E-state index in [2.05, 4.69) is 21.2 Å². The van der Waals surface area contributed by atoms with E-state index in [0.29, 0.717) is 23.2 Å². The van der Waals surface area contributed by atoms with Crippen LogP contribution in [0.2, 0.25) is 0 Å². The topological polar surface area (TPSA) is 41.6 Å². The van der Waals surface area contributed by atoms with Crippen molar-refractivity contribution < 1.29 is 13.9 Å². The minimum atomic E-state index is -0.376. The molecule has 1 aliphatic heterocycles. The minimum Gasteiger partial charge on any atom is -0.374 e. The number of amides is 1. The molecular weight excluding hydrogens is 315 g/mol. The van der Waals surface area contributed by atoms with Crippen molar-refractivity contribution in [3.63, 3.8) is 0 Å². The van der Waals surface area contributed by atoms with Gasteiger partial charge in [-0.1, -0.05) is 0 Å². The average Bonchev–Trinajstić information content (AvgIpc) is 2.42. The van der Waals surface area contributed by atoms with Gasteiger partial charge < -0.3 is 15.0 Å². The Balaban J connectivity index is 1.99. The van der Waals surface area contributed by atoms with Crippen molar-refractivity contribution in [1.29, 1.82) is 0 Å². The van der Waals surface area contributed by atoms with Crippen molar-refractivity contribution >= 4 is 21.8 Å². The van der Waals surface area contributed by atoms with Gasteiger partial charge in [0.15, 0.2) is 0 Å². The summed E-state index contributed by atoms with van der Waals surface area (Å²) in [4.78, 5) is 13.8. The van der Waals surface area contributed by atoms with Crippen LogP contribution < -0.4 is 5.32 Å². The SMILES string of the molecule is CN(CC1CNCCO1)C(=O)c1ccc(F)c(Br)c1. The standard InChI is InChI=1S/C13H16BrFN2O2/c1-17(8-10-7-16-4-5-19-10)13(18)9-2-3-12(15)11(14)6-9/h2-3,6,10,16H,4-5,7-8H2,1H3. The normalized spacial score (nSPS) is 19.2. The summed E-state index contributed by atoms with van der Waals surface area (Å²) in [5.74, 6) is -0.520. The van der Waals surface area contributed by atoms with Crippen LogP contribution in [0.4, 0.5) is 4.39 Å². The number of hydrogen-bond acceptors (Lipinski definition) is 3. The molecule has 0 bridgehead atoms. The molecule has 6 heteroatoms. The molecule has 1 heterocycles. The molecule has 1 fully saturated rings. The van der Waals surface area contributed by atoms with Gasteiger partial charge in [0, 0.05) is 32.2 Å². The maximum absolute atomic E-state index is 13.1. The van der Waals surface area contributed by atoms with Gasteiger partial charge in [-0.2, -0.15) is 0 Å². The van der Waals surface area contributed by atoms with Crippen molar-refractivity contribution in [2.45, 2.75) is 6.10 Å². The molecule has 1 aromatic rings. The summed E-state index contributed by atoms with van der Waals surface area (Å²) in [6.07, 6.45) is 0.00610. The number of carbonyl (C=O) groups excluding carboxylic acids is 1. The van der Waals surface area contributed by atoms with Crippen molar-refractivity contribution in [2.75, 3.05) is 33.3 Å². The third-order valence-electron chi connectivity index (χ3n) is 3.00. The van der Waals surface area contributed by atoms with E-state index in [1.807, 2.05) is 0 Å². The molecule has 4 nitrogen and oxygen atoms in total. The summed E-state index contributed by atoms with van der Waals surface area (Å²) >= 11 is 3.08.